The lowest BCUT2D eigenvalue weighted by molar-refractivity contribution is -0.121. The molecule has 3 nitrogen and oxygen atoms in total. The molecule has 1 atom stereocenters. The number of benzene rings is 1. The van der Waals surface area contributed by atoms with Gasteiger partial charge >= 0.3 is 0 Å². The summed E-state index contributed by atoms with van der Waals surface area (Å²) in [7, 11) is 0. The van der Waals surface area contributed by atoms with Gasteiger partial charge in [0.15, 0.2) is 0 Å². The van der Waals surface area contributed by atoms with Crippen LogP contribution in [0.15, 0.2) is 18.2 Å². The SMILES string of the molecule is Cc1ccc(C2CNC(=O)CN2)c(C)c1. The minimum absolute atomic E-state index is 0.0796. The number of rotatable bonds is 1. The van der Waals surface area contributed by atoms with Crippen LogP contribution in [0.4, 0.5) is 0 Å². The Kier molecular flexibility index (Phi) is 2.73. The number of amides is 1. The molecular weight excluding hydrogens is 188 g/mol. The zero-order valence-corrected chi connectivity index (χ0v) is 9.13. The number of hydrogen-bond acceptors (Lipinski definition) is 2. The second-order valence-electron chi connectivity index (χ2n) is 4.10. The fourth-order valence-corrected chi connectivity index (χ4v) is 2.00. The molecule has 80 valence electrons. The molecule has 0 spiro atoms. The zero-order chi connectivity index (χ0) is 10.8. The molecule has 0 aliphatic carbocycles. The summed E-state index contributed by atoms with van der Waals surface area (Å²) in [6.45, 7) is 5.30. The van der Waals surface area contributed by atoms with E-state index < -0.39 is 0 Å². The van der Waals surface area contributed by atoms with Crippen molar-refractivity contribution in [1.82, 2.24) is 10.6 Å². The van der Waals surface area contributed by atoms with E-state index in [1.165, 1.54) is 16.7 Å². The Morgan fingerprint density at radius 1 is 1.33 bits per heavy atom. The smallest absolute Gasteiger partial charge is 0.234 e. The van der Waals surface area contributed by atoms with Gasteiger partial charge in [0.05, 0.1) is 12.6 Å². The third-order valence-corrected chi connectivity index (χ3v) is 2.81. The van der Waals surface area contributed by atoms with Gasteiger partial charge in [0.1, 0.15) is 0 Å². The molecule has 1 heterocycles. The van der Waals surface area contributed by atoms with Crippen LogP contribution in [-0.4, -0.2) is 19.0 Å². The first kappa shape index (κ1) is 10.2. The third-order valence-electron chi connectivity index (χ3n) is 2.81. The lowest BCUT2D eigenvalue weighted by Crippen LogP contribution is -2.47. The van der Waals surface area contributed by atoms with E-state index in [-0.39, 0.29) is 11.9 Å². The highest BCUT2D eigenvalue weighted by Gasteiger charge is 2.19. The summed E-state index contributed by atoms with van der Waals surface area (Å²) in [5, 5.41) is 6.10. The van der Waals surface area contributed by atoms with Gasteiger partial charge in [-0.1, -0.05) is 23.8 Å². The van der Waals surface area contributed by atoms with Crippen molar-refractivity contribution >= 4 is 5.91 Å². The number of carbonyl (C=O) groups is 1. The molecule has 0 saturated carbocycles. The maximum Gasteiger partial charge on any atom is 0.234 e. The summed E-state index contributed by atoms with van der Waals surface area (Å²) in [4.78, 5) is 11.0. The largest absolute Gasteiger partial charge is 0.353 e. The van der Waals surface area contributed by atoms with Crippen molar-refractivity contribution in [3.05, 3.63) is 34.9 Å². The van der Waals surface area contributed by atoms with E-state index in [0.717, 1.165) is 0 Å². The summed E-state index contributed by atoms with van der Waals surface area (Å²) in [6.07, 6.45) is 0. The predicted octanol–water partition coefficient (Wildman–Crippen LogP) is 1.06. The van der Waals surface area contributed by atoms with Crippen LogP contribution in [0.5, 0.6) is 0 Å². The molecule has 3 heteroatoms. The molecule has 0 bridgehead atoms. The second-order valence-corrected chi connectivity index (χ2v) is 4.10. The van der Waals surface area contributed by atoms with Crippen molar-refractivity contribution in [3.8, 4) is 0 Å². The average molecular weight is 204 g/mol. The first-order valence-electron chi connectivity index (χ1n) is 5.24. The first-order chi connectivity index (χ1) is 7.16. The van der Waals surface area contributed by atoms with Crippen LogP contribution in [0.25, 0.3) is 0 Å². The van der Waals surface area contributed by atoms with Crippen molar-refractivity contribution in [2.24, 2.45) is 0 Å². The van der Waals surface area contributed by atoms with E-state index in [4.69, 9.17) is 0 Å². The molecule has 1 aromatic carbocycles. The van der Waals surface area contributed by atoms with Crippen LogP contribution >= 0.6 is 0 Å². The molecule has 1 aliphatic heterocycles. The summed E-state index contributed by atoms with van der Waals surface area (Å²) >= 11 is 0. The topological polar surface area (TPSA) is 41.1 Å². The molecule has 1 fully saturated rings. The molecule has 1 unspecified atom stereocenters. The molecular formula is C12H16N2O. The Hall–Kier alpha value is -1.35. The Morgan fingerprint density at radius 3 is 2.73 bits per heavy atom. The minimum Gasteiger partial charge on any atom is -0.353 e. The molecule has 1 aliphatic rings. The van der Waals surface area contributed by atoms with Gasteiger partial charge in [0, 0.05) is 6.54 Å². The van der Waals surface area contributed by atoms with Gasteiger partial charge < -0.3 is 5.32 Å². The quantitative estimate of drug-likeness (QED) is 0.718. The molecule has 0 aromatic heterocycles. The highest BCUT2D eigenvalue weighted by atomic mass is 16.2. The van der Waals surface area contributed by atoms with E-state index in [1.54, 1.807) is 0 Å². The van der Waals surface area contributed by atoms with Crippen LogP contribution in [0, 0.1) is 13.8 Å². The molecule has 1 saturated heterocycles. The lowest BCUT2D eigenvalue weighted by Gasteiger charge is -2.25. The first-order valence-corrected chi connectivity index (χ1v) is 5.24. The predicted molar refractivity (Wildman–Crippen MR) is 59.7 cm³/mol. The van der Waals surface area contributed by atoms with Gasteiger partial charge in [-0.15, -0.1) is 0 Å². The van der Waals surface area contributed by atoms with Gasteiger partial charge in [-0.2, -0.15) is 0 Å². The van der Waals surface area contributed by atoms with E-state index >= 15 is 0 Å². The average Bonchev–Trinajstić information content (AvgIpc) is 2.20. The van der Waals surface area contributed by atoms with Crippen LogP contribution < -0.4 is 10.6 Å². The lowest BCUT2D eigenvalue weighted by atomic mass is 9.98. The molecule has 1 amide bonds. The van der Waals surface area contributed by atoms with Crippen LogP contribution in [0.3, 0.4) is 0 Å². The van der Waals surface area contributed by atoms with E-state index in [9.17, 15) is 4.79 Å². The fourth-order valence-electron chi connectivity index (χ4n) is 2.00. The summed E-state index contributed by atoms with van der Waals surface area (Å²) in [5.41, 5.74) is 3.83. The van der Waals surface area contributed by atoms with Crippen molar-refractivity contribution in [1.29, 1.82) is 0 Å². The van der Waals surface area contributed by atoms with Crippen LogP contribution in [0.2, 0.25) is 0 Å². The van der Waals surface area contributed by atoms with E-state index in [2.05, 4.69) is 42.7 Å². The van der Waals surface area contributed by atoms with Crippen molar-refractivity contribution < 1.29 is 4.79 Å². The van der Waals surface area contributed by atoms with Crippen LogP contribution in [0.1, 0.15) is 22.7 Å². The van der Waals surface area contributed by atoms with Gasteiger partial charge in [-0.25, -0.2) is 0 Å². The van der Waals surface area contributed by atoms with Gasteiger partial charge in [-0.3, -0.25) is 10.1 Å². The van der Waals surface area contributed by atoms with Crippen molar-refractivity contribution in [2.45, 2.75) is 19.9 Å². The number of piperazine rings is 1. The number of hydrogen-bond donors (Lipinski definition) is 2. The Morgan fingerprint density at radius 2 is 2.13 bits per heavy atom. The maximum atomic E-state index is 11.0. The zero-order valence-electron chi connectivity index (χ0n) is 9.13. The maximum absolute atomic E-state index is 11.0. The van der Waals surface area contributed by atoms with E-state index in [0.29, 0.717) is 13.1 Å². The standard InChI is InChI=1S/C12H16N2O/c1-8-3-4-10(9(2)5-8)11-6-14-12(15)7-13-11/h3-5,11,13H,6-7H2,1-2H3,(H,14,15). The van der Waals surface area contributed by atoms with E-state index in [1.807, 2.05) is 0 Å². The molecule has 15 heavy (non-hydrogen) atoms. The number of aryl methyl sites for hydroxylation is 2. The normalized spacial score (nSPS) is 21.2. The highest BCUT2D eigenvalue weighted by molar-refractivity contribution is 5.79. The van der Waals surface area contributed by atoms with Gasteiger partial charge in [-0.05, 0) is 25.0 Å². The molecule has 1 aromatic rings. The number of carbonyl (C=O) groups excluding carboxylic acids is 1. The number of nitrogens with one attached hydrogen (secondary N) is 2. The molecule has 2 rings (SSSR count). The molecule has 2 N–H and O–H groups in total. The Labute approximate surface area is 89.9 Å². The third kappa shape index (κ3) is 2.18. The minimum atomic E-state index is 0.0796. The summed E-state index contributed by atoms with van der Waals surface area (Å²) in [6, 6.07) is 6.68. The molecule has 0 radical (unpaired) electrons. The van der Waals surface area contributed by atoms with Crippen molar-refractivity contribution in [3.63, 3.8) is 0 Å². The van der Waals surface area contributed by atoms with Crippen LogP contribution in [-0.2, 0) is 4.79 Å². The van der Waals surface area contributed by atoms with Crippen molar-refractivity contribution in [2.75, 3.05) is 13.1 Å². The highest BCUT2D eigenvalue weighted by Crippen LogP contribution is 2.19. The summed E-state index contributed by atoms with van der Waals surface area (Å²) < 4.78 is 0. The van der Waals surface area contributed by atoms with Gasteiger partial charge in [0.25, 0.3) is 0 Å². The summed E-state index contributed by atoms with van der Waals surface area (Å²) in [5.74, 6) is 0.0796. The Balaban J connectivity index is 2.19. The van der Waals surface area contributed by atoms with Gasteiger partial charge in [0.2, 0.25) is 5.91 Å². The second kappa shape index (κ2) is 4.03. The monoisotopic (exact) mass is 204 g/mol. The Bertz CT molecular complexity index is 377. The fraction of sp³-hybridized carbons (Fsp3) is 0.417.